The van der Waals surface area contributed by atoms with E-state index >= 15 is 0 Å². The Labute approximate surface area is 377 Å². The van der Waals surface area contributed by atoms with E-state index in [4.69, 9.17) is 0 Å². The number of hydrogen-bond donors (Lipinski definition) is 0. The first kappa shape index (κ1) is 36.3. The molecular weight excluding hydrogens is 793 g/mol. The maximum absolute atomic E-state index is 2.46. The summed E-state index contributed by atoms with van der Waals surface area (Å²) in [5.41, 5.74) is 18.3. The van der Waals surface area contributed by atoms with Crippen LogP contribution >= 0.6 is 11.3 Å². The van der Waals surface area contributed by atoms with Crippen molar-refractivity contribution in [3.05, 3.63) is 217 Å². The zero-order valence-electron chi connectivity index (χ0n) is 35.4. The van der Waals surface area contributed by atoms with Gasteiger partial charge < -0.3 is 9.47 Å². The molecule has 2 nitrogen and oxygen atoms in total. The first-order chi connectivity index (χ1) is 31.7. The fourth-order valence-electron chi connectivity index (χ4n) is 12.6. The molecule has 2 bridgehead atoms. The molecule has 11 aromatic rings. The zero-order valence-corrected chi connectivity index (χ0v) is 36.2. The quantitative estimate of drug-likeness (QED) is 0.162. The summed E-state index contributed by atoms with van der Waals surface area (Å²) < 4.78 is 5.01. The average Bonchev–Trinajstić information content (AvgIpc) is 4.19. The van der Waals surface area contributed by atoms with Crippen LogP contribution in [0, 0.1) is 11.8 Å². The van der Waals surface area contributed by atoms with Crippen LogP contribution < -0.4 is 4.90 Å². The Balaban J connectivity index is 0.861. The van der Waals surface area contributed by atoms with Gasteiger partial charge in [-0.05, 0) is 148 Å². The highest BCUT2D eigenvalue weighted by Crippen LogP contribution is 2.66. The lowest BCUT2D eigenvalue weighted by Gasteiger charge is -2.36. The second-order valence-corrected chi connectivity index (χ2v) is 19.5. The highest BCUT2D eigenvalue weighted by molar-refractivity contribution is 7.25. The molecule has 3 atom stereocenters. The molecule has 0 N–H and O–H groups in total. The minimum Gasteiger partial charge on any atom is -0.310 e. The number of fused-ring (bicyclic) bond motifs is 14. The van der Waals surface area contributed by atoms with Crippen LogP contribution in [0.2, 0.25) is 0 Å². The Hall–Kier alpha value is -7.20. The van der Waals surface area contributed by atoms with Crippen LogP contribution in [-0.2, 0) is 5.41 Å². The van der Waals surface area contributed by atoms with Crippen molar-refractivity contribution >= 4 is 70.4 Å². The van der Waals surface area contributed by atoms with Crippen molar-refractivity contribution in [2.75, 3.05) is 4.90 Å². The highest BCUT2D eigenvalue weighted by atomic mass is 32.1. The smallest absolute Gasteiger partial charge is 0.0542 e. The summed E-state index contributed by atoms with van der Waals surface area (Å²) in [5, 5.41) is 5.08. The number of rotatable bonds is 6. The average molecular weight is 837 g/mol. The van der Waals surface area contributed by atoms with Crippen molar-refractivity contribution in [3.63, 3.8) is 0 Å². The number of aromatic nitrogens is 1. The maximum Gasteiger partial charge on any atom is 0.0542 e. The van der Waals surface area contributed by atoms with Crippen LogP contribution in [0.25, 0.3) is 81.0 Å². The molecule has 3 aliphatic rings. The molecule has 3 aliphatic carbocycles. The van der Waals surface area contributed by atoms with Crippen molar-refractivity contribution in [1.82, 2.24) is 4.57 Å². The van der Waals surface area contributed by atoms with Gasteiger partial charge in [-0.25, -0.2) is 0 Å². The van der Waals surface area contributed by atoms with Crippen molar-refractivity contribution in [2.45, 2.75) is 31.1 Å². The minimum absolute atomic E-state index is 0.191. The molecule has 3 unspecified atom stereocenters. The van der Waals surface area contributed by atoms with E-state index < -0.39 is 0 Å². The standard InChI is InChI=1S/C61H44N2S/c1-2-11-44(12-3-1)63-56-19-8-5-13-49(56)52-36-46(31-33-57(52)63)62(47-32-34-59-53(37-47)50-14-6-9-20-58(50)64-59)45-29-26-41(27-30-45)40-22-24-42(25-23-40)48-16-10-18-55-60(48)51-15-4-7-17-54(51)61(55)38-39-21-28-43(61)35-39/h1-20,22-27,29-34,36-37,39,43H,21,28,35,38H2. The molecular formula is C61H44N2S. The topological polar surface area (TPSA) is 8.17 Å². The van der Waals surface area contributed by atoms with E-state index in [1.54, 1.807) is 11.1 Å². The van der Waals surface area contributed by atoms with Crippen LogP contribution in [-0.4, -0.2) is 4.57 Å². The number of thiophene rings is 1. The van der Waals surface area contributed by atoms with Gasteiger partial charge in [0.2, 0.25) is 0 Å². The first-order valence-corrected chi connectivity index (χ1v) is 23.8. The monoisotopic (exact) mass is 836 g/mol. The second-order valence-electron chi connectivity index (χ2n) is 18.5. The molecule has 0 radical (unpaired) electrons. The normalized spacial score (nSPS) is 18.4. The number of para-hydroxylation sites is 2. The molecule has 9 aromatic carbocycles. The van der Waals surface area contributed by atoms with Gasteiger partial charge in [-0.3, -0.25) is 0 Å². The van der Waals surface area contributed by atoms with Gasteiger partial charge in [0.1, 0.15) is 0 Å². The lowest BCUT2D eigenvalue weighted by atomic mass is 9.66. The van der Waals surface area contributed by atoms with Crippen LogP contribution in [0.1, 0.15) is 36.8 Å². The molecule has 2 heterocycles. The van der Waals surface area contributed by atoms with Crippen LogP contribution in [0.3, 0.4) is 0 Å². The fraction of sp³-hybridized carbons (Fsp3) is 0.115. The third-order valence-electron chi connectivity index (χ3n) is 15.3. The Kier molecular flexibility index (Phi) is 7.88. The number of nitrogens with zero attached hydrogens (tertiary/aromatic N) is 2. The lowest BCUT2D eigenvalue weighted by Crippen LogP contribution is -2.31. The second kappa shape index (κ2) is 13.9. The Morgan fingerprint density at radius 2 is 1.08 bits per heavy atom. The number of benzene rings is 9. The minimum atomic E-state index is 0.191. The largest absolute Gasteiger partial charge is 0.310 e. The van der Waals surface area contributed by atoms with E-state index in [9.17, 15) is 0 Å². The van der Waals surface area contributed by atoms with Gasteiger partial charge in [0.25, 0.3) is 0 Å². The molecule has 0 aliphatic heterocycles. The van der Waals surface area contributed by atoms with Crippen molar-refractivity contribution in [2.24, 2.45) is 11.8 Å². The molecule has 2 saturated carbocycles. The molecule has 0 amide bonds. The van der Waals surface area contributed by atoms with Gasteiger partial charge in [0.05, 0.1) is 11.0 Å². The van der Waals surface area contributed by atoms with E-state index in [0.29, 0.717) is 0 Å². The van der Waals surface area contributed by atoms with Gasteiger partial charge >= 0.3 is 0 Å². The summed E-state index contributed by atoms with van der Waals surface area (Å²) in [4.78, 5) is 2.43. The van der Waals surface area contributed by atoms with Gasteiger partial charge in [-0.15, -0.1) is 11.3 Å². The van der Waals surface area contributed by atoms with Crippen LogP contribution in [0.4, 0.5) is 17.1 Å². The van der Waals surface area contributed by atoms with E-state index in [1.165, 1.54) is 107 Å². The van der Waals surface area contributed by atoms with E-state index in [2.05, 4.69) is 216 Å². The summed E-state index contributed by atoms with van der Waals surface area (Å²) in [7, 11) is 0. The summed E-state index contributed by atoms with van der Waals surface area (Å²) in [6, 6.07) is 77.3. The van der Waals surface area contributed by atoms with E-state index in [1.807, 2.05) is 11.3 Å². The summed E-state index contributed by atoms with van der Waals surface area (Å²) in [6.45, 7) is 0. The zero-order chi connectivity index (χ0) is 41.9. The molecule has 1 spiro atoms. The Bertz CT molecular complexity index is 3630. The summed E-state index contributed by atoms with van der Waals surface area (Å²) in [5.74, 6) is 1.63. The third kappa shape index (κ3) is 5.25. The maximum atomic E-state index is 2.46. The van der Waals surface area contributed by atoms with E-state index in [0.717, 1.165) is 28.9 Å². The van der Waals surface area contributed by atoms with Crippen molar-refractivity contribution < 1.29 is 0 Å². The number of hydrogen-bond acceptors (Lipinski definition) is 2. The van der Waals surface area contributed by atoms with Gasteiger partial charge in [0.15, 0.2) is 0 Å². The molecule has 64 heavy (non-hydrogen) atoms. The van der Waals surface area contributed by atoms with E-state index in [-0.39, 0.29) is 5.41 Å². The van der Waals surface area contributed by atoms with Gasteiger partial charge in [-0.1, -0.05) is 140 Å². The van der Waals surface area contributed by atoms with Crippen molar-refractivity contribution in [1.29, 1.82) is 0 Å². The lowest BCUT2D eigenvalue weighted by molar-refractivity contribution is 0.327. The Morgan fingerprint density at radius 3 is 1.89 bits per heavy atom. The summed E-state index contributed by atoms with van der Waals surface area (Å²) in [6.07, 6.45) is 5.47. The molecule has 0 saturated heterocycles. The molecule has 14 rings (SSSR count). The highest BCUT2D eigenvalue weighted by Gasteiger charge is 2.57. The predicted molar refractivity (Wildman–Crippen MR) is 271 cm³/mol. The molecule has 2 fully saturated rings. The van der Waals surface area contributed by atoms with Crippen LogP contribution in [0.5, 0.6) is 0 Å². The number of anilines is 3. The molecule has 3 heteroatoms. The van der Waals surface area contributed by atoms with Gasteiger partial charge in [-0.2, -0.15) is 0 Å². The SMILES string of the molecule is c1ccc(-n2c3ccccc3c3cc(N(c4ccc(-c5ccc(-c6cccc7c6-c6ccccc6C76CC7CCC6C7)cc5)cc4)c4ccc5sc6ccccc6c5c4)ccc32)cc1. The Morgan fingerprint density at radius 1 is 0.453 bits per heavy atom. The molecule has 2 aromatic heterocycles. The molecule has 304 valence electrons. The van der Waals surface area contributed by atoms with Gasteiger partial charge in [0, 0.05) is 59.1 Å². The predicted octanol–water partition coefficient (Wildman–Crippen LogP) is 17.0. The van der Waals surface area contributed by atoms with Crippen LogP contribution in [0.15, 0.2) is 206 Å². The first-order valence-electron chi connectivity index (χ1n) is 22.9. The van der Waals surface area contributed by atoms with Crippen molar-refractivity contribution in [3.8, 4) is 39.1 Å². The fourth-order valence-corrected chi connectivity index (χ4v) is 13.7. The summed E-state index contributed by atoms with van der Waals surface area (Å²) >= 11 is 1.86. The third-order valence-corrected chi connectivity index (χ3v) is 16.4.